The number of carboxylic acids is 1. The van der Waals surface area contributed by atoms with Gasteiger partial charge in [-0.05, 0) is 18.8 Å². The number of rotatable bonds is 6. The van der Waals surface area contributed by atoms with Crippen molar-refractivity contribution in [2.24, 2.45) is 11.8 Å². The lowest BCUT2D eigenvalue weighted by Crippen LogP contribution is -2.47. The van der Waals surface area contributed by atoms with E-state index in [4.69, 9.17) is 9.84 Å². The predicted molar refractivity (Wildman–Crippen MR) is 64.2 cm³/mol. The zero-order valence-corrected chi connectivity index (χ0v) is 10.4. The van der Waals surface area contributed by atoms with Crippen LogP contribution in [-0.4, -0.2) is 42.9 Å². The summed E-state index contributed by atoms with van der Waals surface area (Å²) in [7, 11) is 0. The molecule has 2 amide bonds. The fraction of sp³-hybridized carbons (Fsp3) is 0.833. The average Bonchev–Trinajstić information content (AvgIpc) is 2.99. The highest BCUT2D eigenvalue weighted by molar-refractivity contribution is 5.82. The molecule has 2 fully saturated rings. The lowest BCUT2D eigenvalue weighted by molar-refractivity contribution is -0.139. The van der Waals surface area contributed by atoms with Crippen molar-refractivity contribution < 1.29 is 19.4 Å². The molecule has 2 rings (SSSR count). The zero-order chi connectivity index (χ0) is 13.0. The highest BCUT2D eigenvalue weighted by Crippen LogP contribution is 2.33. The van der Waals surface area contributed by atoms with Crippen LogP contribution in [0.2, 0.25) is 0 Å². The number of urea groups is 1. The number of nitrogens with one attached hydrogen (secondary N) is 2. The van der Waals surface area contributed by atoms with Crippen LogP contribution in [0.15, 0.2) is 0 Å². The summed E-state index contributed by atoms with van der Waals surface area (Å²) in [6, 6.07) is -1.16. The summed E-state index contributed by atoms with van der Waals surface area (Å²) in [6.45, 7) is 1.96. The lowest BCUT2D eigenvalue weighted by atomic mass is 10.1. The minimum Gasteiger partial charge on any atom is -0.480 e. The molecule has 2 atom stereocenters. The van der Waals surface area contributed by atoms with E-state index in [1.54, 1.807) is 0 Å². The van der Waals surface area contributed by atoms with E-state index in [9.17, 15) is 9.59 Å². The number of hydrogen-bond acceptors (Lipinski definition) is 3. The van der Waals surface area contributed by atoms with Crippen LogP contribution < -0.4 is 10.6 Å². The van der Waals surface area contributed by atoms with Crippen LogP contribution in [-0.2, 0) is 9.53 Å². The van der Waals surface area contributed by atoms with Crippen molar-refractivity contribution in [1.29, 1.82) is 0 Å². The molecule has 0 aromatic carbocycles. The summed E-state index contributed by atoms with van der Waals surface area (Å²) in [5.41, 5.74) is 0. The fourth-order valence-electron chi connectivity index (χ4n) is 2.10. The Morgan fingerprint density at radius 2 is 2.06 bits per heavy atom. The molecule has 2 aliphatic rings. The van der Waals surface area contributed by atoms with E-state index in [0.717, 1.165) is 25.9 Å². The first kappa shape index (κ1) is 13.1. The third kappa shape index (κ3) is 4.18. The number of hydrogen-bond donors (Lipinski definition) is 3. The third-order valence-electron chi connectivity index (χ3n) is 3.44. The molecule has 18 heavy (non-hydrogen) atoms. The fourth-order valence-corrected chi connectivity index (χ4v) is 2.10. The summed E-state index contributed by atoms with van der Waals surface area (Å²) in [6.07, 6.45) is 3.64. The summed E-state index contributed by atoms with van der Waals surface area (Å²) in [5, 5.41) is 14.2. The number of ether oxygens (including phenoxy) is 1. The maximum Gasteiger partial charge on any atom is 0.326 e. The number of carbonyl (C=O) groups is 2. The van der Waals surface area contributed by atoms with Crippen molar-refractivity contribution in [3.8, 4) is 0 Å². The molecule has 0 aromatic heterocycles. The molecule has 6 heteroatoms. The van der Waals surface area contributed by atoms with Crippen molar-refractivity contribution in [2.75, 3.05) is 19.8 Å². The van der Waals surface area contributed by atoms with E-state index in [1.807, 2.05) is 0 Å². The molecule has 1 heterocycles. The van der Waals surface area contributed by atoms with Crippen LogP contribution in [0, 0.1) is 11.8 Å². The SMILES string of the molecule is O=C(NCC1CCOC1)NC(CC1CC1)C(=O)O. The average molecular weight is 256 g/mol. The van der Waals surface area contributed by atoms with Gasteiger partial charge in [-0.3, -0.25) is 0 Å². The number of carbonyl (C=O) groups excluding carboxylic acids is 1. The summed E-state index contributed by atoms with van der Waals surface area (Å²) >= 11 is 0. The molecule has 1 aliphatic carbocycles. The molecule has 0 bridgehead atoms. The Hall–Kier alpha value is -1.30. The molecular formula is C12H20N2O4. The highest BCUT2D eigenvalue weighted by Gasteiger charge is 2.30. The monoisotopic (exact) mass is 256 g/mol. The van der Waals surface area contributed by atoms with Crippen LogP contribution in [0.3, 0.4) is 0 Å². The predicted octanol–water partition coefficient (Wildman–Crippen LogP) is 0.575. The second-order valence-corrected chi connectivity index (χ2v) is 5.15. The summed E-state index contributed by atoms with van der Waals surface area (Å²) in [5.74, 6) is -0.140. The third-order valence-corrected chi connectivity index (χ3v) is 3.44. The van der Waals surface area contributed by atoms with Gasteiger partial charge in [0.25, 0.3) is 0 Å². The molecule has 102 valence electrons. The first-order chi connectivity index (χ1) is 8.65. The van der Waals surface area contributed by atoms with Gasteiger partial charge in [-0.25, -0.2) is 9.59 Å². The number of carboxylic acid groups (broad SMARTS) is 1. The molecule has 0 aromatic rings. The first-order valence-electron chi connectivity index (χ1n) is 6.50. The normalized spacial score (nSPS) is 24.6. The Balaban J connectivity index is 1.68. The molecule has 0 radical (unpaired) electrons. The molecular weight excluding hydrogens is 236 g/mol. The van der Waals surface area contributed by atoms with Gasteiger partial charge in [0, 0.05) is 19.1 Å². The van der Waals surface area contributed by atoms with Crippen LogP contribution in [0.4, 0.5) is 4.79 Å². The lowest BCUT2D eigenvalue weighted by Gasteiger charge is -2.16. The van der Waals surface area contributed by atoms with Gasteiger partial charge < -0.3 is 20.5 Å². The number of amides is 2. The van der Waals surface area contributed by atoms with E-state index in [0.29, 0.717) is 31.4 Å². The standard InChI is InChI=1S/C12H20N2O4/c15-11(16)10(5-8-1-2-8)14-12(17)13-6-9-3-4-18-7-9/h8-10H,1-7H2,(H,15,16)(H2,13,14,17). The minimum atomic E-state index is -0.957. The molecule has 1 aliphatic heterocycles. The van der Waals surface area contributed by atoms with E-state index < -0.39 is 18.0 Å². The van der Waals surface area contributed by atoms with Gasteiger partial charge in [-0.2, -0.15) is 0 Å². The smallest absolute Gasteiger partial charge is 0.326 e. The van der Waals surface area contributed by atoms with Crippen LogP contribution >= 0.6 is 0 Å². The van der Waals surface area contributed by atoms with Gasteiger partial charge in [0.2, 0.25) is 0 Å². The van der Waals surface area contributed by atoms with E-state index in [2.05, 4.69) is 10.6 Å². The highest BCUT2D eigenvalue weighted by atomic mass is 16.5. The molecule has 6 nitrogen and oxygen atoms in total. The van der Waals surface area contributed by atoms with Crippen molar-refractivity contribution in [2.45, 2.75) is 31.7 Å². The second kappa shape index (κ2) is 6.04. The van der Waals surface area contributed by atoms with Gasteiger partial charge in [-0.1, -0.05) is 12.8 Å². The Morgan fingerprint density at radius 3 is 2.61 bits per heavy atom. The maximum absolute atomic E-state index is 11.6. The van der Waals surface area contributed by atoms with Crippen molar-refractivity contribution in [3.05, 3.63) is 0 Å². The summed E-state index contributed by atoms with van der Waals surface area (Å²) in [4.78, 5) is 22.6. The number of aliphatic carboxylic acids is 1. The molecule has 3 N–H and O–H groups in total. The van der Waals surface area contributed by atoms with Crippen LogP contribution in [0.1, 0.15) is 25.7 Å². The van der Waals surface area contributed by atoms with Crippen molar-refractivity contribution >= 4 is 12.0 Å². The zero-order valence-electron chi connectivity index (χ0n) is 10.4. The van der Waals surface area contributed by atoms with E-state index in [1.165, 1.54) is 0 Å². The van der Waals surface area contributed by atoms with Gasteiger partial charge in [-0.15, -0.1) is 0 Å². The van der Waals surface area contributed by atoms with Crippen LogP contribution in [0.25, 0.3) is 0 Å². The minimum absolute atomic E-state index is 0.350. The Kier molecular flexibility index (Phi) is 4.41. The molecule has 1 saturated heterocycles. The molecule has 2 unspecified atom stereocenters. The Labute approximate surface area is 106 Å². The molecule has 1 saturated carbocycles. The van der Waals surface area contributed by atoms with Crippen molar-refractivity contribution in [3.63, 3.8) is 0 Å². The van der Waals surface area contributed by atoms with E-state index in [-0.39, 0.29) is 0 Å². The Bertz CT molecular complexity index is 311. The topological polar surface area (TPSA) is 87.7 Å². The summed E-state index contributed by atoms with van der Waals surface area (Å²) < 4.78 is 5.20. The second-order valence-electron chi connectivity index (χ2n) is 5.15. The Morgan fingerprint density at radius 1 is 1.28 bits per heavy atom. The molecule has 0 spiro atoms. The van der Waals surface area contributed by atoms with Gasteiger partial charge in [0.05, 0.1) is 6.61 Å². The maximum atomic E-state index is 11.6. The van der Waals surface area contributed by atoms with Crippen molar-refractivity contribution in [1.82, 2.24) is 10.6 Å². The van der Waals surface area contributed by atoms with E-state index >= 15 is 0 Å². The quantitative estimate of drug-likeness (QED) is 0.648. The first-order valence-corrected chi connectivity index (χ1v) is 6.50. The largest absolute Gasteiger partial charge is 0.480 e. The van der Waals surface area contributed by atoms with Gasteiger partial charge >= 0.3 is 12.0 Å². The van der Waals surface area contributed by atoms with Gasteiger partial charge in [0.15, 0.2) is 0 Å². The van der Waals surface area contributed by atoms with Gasteiger partial charge in [0.1, 0.15) is 6.04 Å². The van der Waals surface area contributed by atoms with Crippen LogP contribution in [0.5, 0.6) is 0 Å².